The molecule has 2 N–H and O–H groups in total. The summed E-state index contributed by atoms with van der Waals surface area (Å²) >= 11 is 0. The van der Waals surface area contributed by atoms with E-state index in [-0.39, 0.29) is 29.2 Å². The lowest BCUT2D eigenvalue weighted by molar-refractivity contribution is 0.0810. The number of nitrogens with zero attached hydrogens (tertiary/aromatic N) is 2. The molecule has 1 heterocycles. The van der Waals surface area contributed by atoms with Gasteiger partial charge in [-0.05, 0) is 50.3 Å². The molecule has 1 fully saturated rings. The lowest BCUT2D eigenvalue weighted by atomic mass is 9.76. The summed E-state index contributed by atoms with van der Waals surface area (Å²) in [7, 11) is 0. The van der Waals surface area contributed by atoms with Crippen LogP contribution >= 0.6 is 0 Å². The maximum absolute atomic E-state index is 12.6. The van der Waals surface area contributed by atoms with Crippen LogP contribution in [0.25, 0.3) is 0 Å². The van der Waals surface area contributed by atoms with E-state index >= 15 is 0 Å². The van der Waals surface area contributed by atoms with Gasteiger partial charge in [-0.2, -0.15) is 0 Å². The van der Waals surface area contributed by atoms with Crippen LogP contribution in [0.5, 0.6) is 0 Å². The van der Waals surface area contributed by atoms with Gasteiger partial charge in [-0.1, -0.05) is 31.5 Å². The van der Waals surface area contributed by atoms with Crippen molar-refractivity contribution in [3.05, 3.63) is 60.2 Å². The van der Waals surface area contributed by atoms with Crippen molar-refractivity contribution < 1.29 is 9.59 Å². The Morgan fingerprint density at radius 2 is 1.85 bits per heavy atom. The van der Waals surface area contributed by atoms with Gasteiger partial charge in [-0.25, -0.2) is 9.97 Å². The Morgan fingerprint density at radius 3 is 2.56 bits per heavy atom. The highest BCUT2D eigenvalue weighted by atomic mass is 16.2. The molecule has 0 radical (unpaired) electrons. The van der Waals surface area contributed by atoms with Crippen molar-refractivity contribution in [3.63, 3.8) is 0 Å². The normalized spacial score (nSPS) is 22.0. The monoisotopic (exact) mass is 366 g/mol. The van der Waals surface area contributed by atoms with Crippen LogP contribution in [0, 0.1) is 0 Å². The highest BCUT2D eigenvalue weighted by Gasteiger charge is 2.38. The minimum atomic E-state index is -0.335. The lowest BCUT2D eigenvalue weighted by Gasteiger charge is -2.41. The van der Waals surface area contributed by atoms with E-state index in [4.69, 9.17) is 0 Å². The molecule has 142 valence electrons. The molecule has 1 aliphatic rings. The molecule has 2 atom stereocenters. The SMILES string of the molecule is CCCC1(NC(=O)c2ncccn2)CCCC(NC(=O)c2ccccc2)C1. The first kappa shape index (κ1) is 19.0. The van der Waals surface area contributed by atoms with Crippen LogP contribution < -0.4 is 10.6 Å². The Bertz CT molecular complexity index is 762. The first-order valence-electron chi connectivity index (χ1n) is 9.57. The molecule has 0 bridgehead atoms. The third-order valence-corrected chi connectivity index (χ3v) is 5.09. The first-order chi connectivity index (χ1) is 13.1. The third kappa shape index (κ3) is 4.90. The summed E-state index contributed by atoms with van der Waals surface area (Å²) in [4.78, 5) is 33.2. The Balaban J connectivity index is 1.69. The minimum Gasteiger partial charge on any atom is -0.349 e. The number of aromatic nitrogens is 2. The summed E-state index contributed by atoms with van der Waals surface area (Å²) in [6, 6.07) is 11.0. The van der Waals surface area contributed by atoms with Crippen LogP contribution in [-0.2, 0) is 0 Å². The van der Waals surface area contributed by atoms with Gasteiger partial charge in [0.05, 0.1) is 0 Å². The lowest BCUT2D eigenvalue weighted by Crippen LogP contribution is -2.55. The topological polar surface area (TPSA) is 84.0 Å². The number of carbonyl (C=O) groups is 2. The van der Waals surface area contributed by atoms with Crippen molar-refractivity contribution in [2.75, 3.05) is 0 Å². The van der Waals surface area contributed by atoms with E-state index in [2.05, 4.69) is 27.5 Å². The summed E-state index contributed by atoms with van der Waals surface area (Å²) in [5, 5.41) is 6.32. The van der Waals surface area contributed by atoms with Crippen molar-refractivity contribution in [1.82, 2.24) is 20.6 Å². The molecule has 0 saturated heterocycles. The highest BCUT2D eigenvalue weighted by Crippen LogP contribution is 2.33. The second-order valence-corrected chi connectivity index (χ2v) is 7.19. The molecule has 0 aliphatic heterocycles. The molecule has 6 nitrogen and oxygen atoms in total. The van der Waals surface area contributed by atoms with Gasteiger partial charge in [0.1, 0.15) is 0 Å². The average molecular weight is 366 g/mol. The van der Waals surface area contributed by atoms with E-state index in [1.54, 1.807) is 18.5 Å². The molecular weight excluding hydrogens is 340 g/mol. The molecule has 27 heavy (non-hydrogen) atoms. The maximum Gasteiger partial charge on any atom is 0.289 e. The van der Waals surface area contributed by atoms with Crippen LogP contribution in [0.15, 0.2) is 48.8 Å². The fraction of sp³-hybridized carbons (Fsp3) is 0.429. The van der Waals surface area contributed by atoms with Crippen LogP contribution in [0.3, 0.4) is 0 Å². The number of hydrogen-bond donors (Lipinski definition) is 2. The van der Waals surface area contributed by atoms with E-state index in [0.717, 1.165) is 38.5 Å². The fourth-order valence-electron chi connectivity index (χ4n) is 3.94. The van der Waals surface area contributed by atoms with Crippen molar-refractivity contribution in [3.8, 4) is 0 Å². The molecule has 2 aromatic rings. The van der Waals surface area contributed by atoms with Gasteiger partial charge in [-0.3, -0.25) is 9.59 Å². The molecule has 1 saturated carbocycles. The fourth-order valence-corrected chi connectivity index (χ4v) is 3.94. The zero-order valence-electron chi connectivity index (χ0n) is 15.6. The molecular formula is C21H26N4O2. The zero-order chi connectivity index (χ0) is 19.1. The molecule has 1 aromatic carbocycles. The summed E-state index contributed by atoms with van der Waals surface area (Å²) in [5.41, 5.74) is 0.323. The van der Waals surface area contributed by atoms with Crippen molar-refractivity contribution >= 4 is 11.8 Å². The highest BCUT2D eigenvalue weighted by molar-refractivity contribution is 5.94. The van der Waals surface area contributed by atoms with E-state index < -0.39 is 0 Å². The Hall–Kier alpha value is -2.76. The largest absolute Gasteiger partial charge is 0.349 e. The molecule has 1 aromatic heterocycles. The van der Waals surface area contributed by atoms with E-state index in [0.29, 0.717) is 5.56 Å². The number of carbonyl (C=O) groups excluding carboxylic acids is 2. The van der Waals surface area contributed by atoms with E-state index in [1.165, 1.54) is 0 Å². The number of nitrogens with one attached hydrogen (secondary N) is 2. The molecule has 3 rings (SSSR count). The van der Waals surface area contributed by atoms with Crippen molar-refractivity contribution in [2.24, 2.45) is 0 Å². The standard InChI is InChI=1S/C21H26N4O2/c1-2-11-21(25-20(27)18-22-13-7-14-23-18)12-6-10-17(15-21)24-19(26)16-8-4-3-5-9-16/h3-5,7-9,13-14,17H,2,6,10-12,15H2,1H3,(H,24,26)(H,25,27). The summed E-state index contributed by atoms with van der Waals surface area (Å²) in [6.45, 7) is 2.11. The molecule has 6 heteroatoms. The van der Waals surface area contributed by atoms with Gasteiger partial charge in [0.2, 0.25) is 5.82 Å². The zero-order valence-corrected chi connectivity index (χ0v) is 15.6. The van der Waals surface area contributed by atoms with Gasteiger partial charge in [0, 0.05) is 29.5 Å². The Morgan fingerprint density at radius 1 is 1.11 bits per heavy atom. The summed E-state index contributed by atoms with van der Waals surface area (Å²) in [5.74, 6) is -0.131. The Kier molecular flexibility index (Phi) is 6.16. The van der Waals surface area contributed by atoms with Crippen LogP contribution in [0.4, 0.5) is 0 Å². The molecule has 1 aliphatic carbocycles. The second-order valence-electron chi connectivity index (χ2n) is 7.19. The van der Waals surface area contributed by atoms with Crippen molar-refractivity contribution in [2.45, 2.75) is 57.0 Å². The van der Waals surface area contributed by atoms with Crippen molar-refractivity contribution in [1.29, 1.82) is 0 Å². The van der Waals surface area contributed by atoms with Gasteiger partial charge < -0.3 is 10.6 Å². The predicted octanol–water partition coefficient (Wildman–Crippen LogP) is 3.12. The smallest absolute Gasteiger partial charge is 0.289 e. The summed E-state index contributed by atoms with van der Waals surface area (Å²) in [6.07, 6.45) is 8.45. The number of hydrogen-bond acceptors (Lipinski definition) is 4. The van der Waals surface area contributed by atoms with Gasteiger partial charge >= 0.3 is 0 Å². The number of rotatable bonds is 6. The third-order valence-electron chi connectivity index (χ3n) is 5.09. The molecule has 2 unspecified atom stereocenters. The number of benzene rings is 1. The van der Waals surface area contributed by atoms with Gasteiger partial charge in [0.25, 0.3) is 11.8 Å². The predicted molar refractivity (Wildman–Crippen MR) is 103 cm³/mol. The quantitative estimate of drug-likeness (QED) is 0.823. The Labute approximate surface area is 159 Å². The maximum atomic E-state index is 12.6. The van der Waals surface area contributed by atoms with Gasteiger partial charge in [0.15, 0.2) is 0 Å². The van der Waals surface area contributed by atoms with Gasteiger partial charge in [-0.15, -0.1) is 0 Å². The molecule has 0 spiro atoms. The minimum absolute atomic E-state index is 0.0370. The van der Waals surface area contributed by atoms with E-state index in [9.17, 15) is 9.59 Å². The van der Waals surface area contributed by atoms with Crippen LogP contribution in [0.1, 0.15) is 66.4 Å². The van der Waals surface area contributed by atoms with Crippen LogP contribution in [-0.4, -0.2) is 33.4 Å². The average Bonchev–Trinajstić information content (AvgIpc) is 2.69. The number of amides is 2. The van der Waals surface area contributed by atoms with Crippen LogP contribution in [0.2, 0.25) is 0 Å². The first-order valence-corrected chi connectivity index (χ1v) is 9.57. The van der Waals surface area contributed by atoms with E-state index in [1.807, 2.05) is 30.3 Å². The summed E-state index contributed by atoms with van der Waals surface area (Å²) < 4.78 is 0. The second kappa shape index (κ2) is 8.75. The molecule has 2 amide bonds.